The maximum Gasteiger partial charge on any atom is 0.408 e. The average molecular weight is 418 g/mol. The fourth-order valence-corrected chi connectivity index (χ4v) is 3.05. The Morgan fingerprint density at radius 2 is 1.90 bits per heavy atom. The molecule has 0 fully saturated rings. The van der Waals surface area contributed by atoms with E-state index in [0.717, 1.165) is 30.2 Å². The van der Waals surface area contributed by atoms with Crippen LogP contribution in [0, 0.1) is 6.92 Å². The van der Waals surface area contributed by atoms with Crippen LogP contribution in [0.3, 0.4) is 0 Å². The Morgan fingerprint density at radius 3 is 2.50 bits per heavy atom. The summed E-state index contributed by atoms with van der Waals surface area (Å²) in [4.78, 5) is 36.6. The fourth-order valence-electron chi connectivity index (χ4n) is 3.05. The first kappa shape index (κ1) is 23.4. The standard InChI is InChI=1S/C23H31NO6/c1-7-9-10-15-13-19(25)29-20-14(3)18(12-11-16(15)20)28-21(26)17(8-2)24-22(27)30-23(4,5)6/h11-13,17H,7-10H2,1-6H3,(H,24,27). The first-order chi connectivity index (χ1) is 14.1. The minimum absolute atomic E-state index is 0.285. The molecule has 0 aliphatic rings. The van der Waals surface area contributed by atoms with Crippen LogP contribution in [0.15, 0.2) is 27.4 Å². The highest BCUT2D eigenvalue weighted by Crippen LogP contribution is 2.29. The van der Waals surface area contributed by atoms with Crippen LogP contribution in [0.5, 0.6) is 5.75 Å². The number of nitrogens with one attached hydrogen (secondary N) is 1. The Kier molecular flexibility index (Phi) is 7.65. The molecular weight excluding hydrogens is 386 g/mol. The maximum atomic E-state index is 12.6. The third-order valence-electron chi connectivity index (χ3n) is 4.59. The van der Waals surface area contributed by atoms with Crippen molar-refractivity contribution < 1.29 is 23.5 Å². The molecule has 1 unspecified atom stereocenters. The minimum atomic E-state index is -0.863. The van der Waals surface area contributed by atoms with Gasteiger partial charge in [-0.05, 0) is 64.7 Å². The van der Waals surface area contributed by atoms with E-state index >= 15 is 0 Å². The Hall–Kier alpha value is -2.83. The molecule has 1 amide bonds. The van der Waals surface area contributed by atoms with Crippen LogP contribution in [0.4, 0.5) is 4.79 Å². The first-order valence-corrected chi connectivity index (χ1v) is 10.3. The Balaban J connectivity index is 2.25. The van der Waals surface area contributed by atoms with Gasteiger partial charge in [0.05, 0.1) is 0 Å². The van der Waals surface area contributed by atoms with Crippen LogP contribution in [0.2, 0.25) is 0 Å². The number of esters is 1. The molecule has 0 aliphatic heterocycles. The van der Waals surface area contributed by atoms with Crippen LogP contribution in [-0.2, 0) is 16.0 Å². The van der Waals surface area contributed by atoms with Crippen molar-refractivity contribution in [3.63, 3.8) is 0 Å². The Bertz CT molecular complexity index is 970. The molecule has 0 saturated carbocycles. The van der Waals surface area contributed by atoms with E-state index in [4.69, 9.17) is 13.9 Å². The highest BCUT2D eigenvalue weighted by Gasteiger charge is 2.25. The lowest BCUT2D eigenvalue weighted by atomic mass is 10.0. The molecular formula is C23H31NO6. The van der Waals surface area contributed by atoms with Crippen molar-refractivity contribution in [2.45, 2.75) is 78.9 Å². The van der Waals surface area contributed by atoms with Gasteiger partial charge < -0.3 is 19.2 Å². The Labute approximate surface area is 176 Å². The van der Waals surface area contributed by atoms with E-state index in [2.05, 4.69) is 12.2 Å². The number of ether oxygens (including phenoxy) is 2. The van der Waals surface area contributed by atoms with Crippen LogP contribution < -0.4 is 15.7 Å². The van der Waals surface area contributed by atoms with Crippen LogP contribution in [0.25, 0.3) is 11.0 Å². The van der Waals surface area contributed by atoms with Crippen LogP contribution in [-0.4, -0.2) is 23.7 Å². The quantitative estimate of drug-likeness (QED) is 0.400. The summed E-state index contributed by atoms with van der Waals surface area (Å²) in [5.74, 6) is -0.331. The van der Waals surface area contributed by atoms with Crippen molar-refractivity contribution in [3.05, 3.63) is 39.7 Å². The van der Waals surface area contributed by atoms with Gasteiger partial charge in [-0.3, -0.25) is 0 Å². The summed E-state index contributed by atoms with van der Waals surface area (Å²) in [7, 11) is 0. The molecule has 1 aromatic heterocycles. The van der Waals surface area contributed by atoms with Gasteiger partial charge in [0, 0.05) is 17.0 Å². The molecule has 0 radical (unpaired) electrons. The highest BCUT2D eigenvalue weighted by molar-refractivity contribution is 5.87. The number of aryl methyl sites for hydroxylation is 2. The number of rotatable bonds is 7. The van der Waals surface area contributed by atoms with Crippen molar-refractivity contribution in [1.29, 1.82) is 0 Å². The molecule has 7 nitrogen and oxygen atoms in total. The second-order valence-corrected chi connectivity index (χ2v) is 8.29. The molecule has 1 aromatic carbocycles. The van der Waals surface area contributed by atoms with E-state index in [9.17, 15) is 14.4 Å². The number of benzene rings is 1. The number of hydrogen-bond acceptors (Lipinski definition) is 6. The second-order valence-electron chi connectivity index (χ2n) is 8.29. The lowest BCUT2D eigenvalue weighted by Gasteiger charge is -2.22. The van der Waals surface area contributed by atoms with Gasteiger partial charge in [-0.2, -0.15) is 0 Å². The molecule has 2 aromatic rings. The molecule has 30 heavy (non-hydrogen) atoms. The van der Waals surface area contributed by atoms with Gasteiger partial charge >= 0.3 is 17.7 Å². The van der Waals surface area contributed by atoms with Gasteiger partial charge in [-0.1, -0.05) is 20.3 Å². The summed E-state index contributed by atoms with van der Waals surface area (Å²) >= 11 is 0. The van der Waals surface area contributed by atoms with Gasteiger partial charge in [0.15, 0.2) is 0 Å². The predicted molar refractivity (Wildman–Crippen MR) is 115 cm³/mol. The zero-order chi connectivity index (χ0) is 22.5. The molecule has 1 atom stereocenters. The van der Waals surface area contributed by atoms with Crippen LogP contribution in [0.1, 0.15) is 65.0 Å². The maximum absolute atomic E-state index is 12.6. The third kappa shape index (κ3) is 6.08. The summed E-state index contributed by atoms with van der Waals surface area (Å²) < 4.78 is 16.1. The van der Waals surface area contributed by atoms with E-state index in [1.807, 2.05) is 0 Å². The van der Waals surface area contributed by atoms with Gasteiger partial charge in [0.2, 0.25) is 0 Å². The minimum Gasteiger partial charge on any atom is -0.444 e. The van der Waals surface area contributed by atoms with Crippen molar-refractivity contribution in [1.82, 2.24) is 5.32 Å². The summed E-state index contributed by atoms with van der Waals surface area (Å²) in [6, 6.07) is 4.13. The van der Waals surface area contributed by atoms with Gasteiger partial charge in [-0.15, -0.1) is 0 Å². The molecule has 1 heterocycles. The molecule has 7 heteroatoms. The lowest BCUT2D eigenvalue weighted by molar-refractivity contribution is -0.136. The molecule has 0 aliphatic carbocycles. The van der Waals surface area contributed by atoms with Crippen LogP contribution >= 0.6 is 0 Å². The molecule has 1 N–H and O–H groups in total. The van der Waals surface area contributed by atoms with Gasteiger partial charge in [0.1, 0.15) is 23.0 Å². The molecule has 164 valence electrons. The zero-order valence-corrected chi connectivity index (χ0v) is 18.6. The number of carbonyl (C=O) groups excluding carboxylic acids is 2. The van der Waals surface area contributed by atoms with E-state index in [1.54, 1.807) is 46.8 Å². The number of amides is 1. The first-order valence-electron chi connectivity index (χ1n) is 10.3. The number of fused-ring (bicyclic) bond motifs is 1. The van der Waals surface area contributed by atoms with E-state index < -0.39 is 29.3 Å². The fraction of sp³-hybridized carbons (Fsp3) is 0.522. The summed E-state index contributed by atoms with van der Waals surface area (Å²) in [5, 5.41) is 3.36. The monoisotopic (exact) mass is 417 g/mol. The normalized spacial score (nSPS) is 12.5. The largest absolute Gasteiger partial charge is 0.444 e. The number of hydrogen-bond donors (Lipinski definition) is 1. The predicted octanol–water partition coefficient (Wildman–Crippen LogP) is 4.65. The number of unbranched alkanes of at least 4 members (excludes halogenated alkanes) is 1. The summed E-state index contributed by atoms with van der Waals surface area (Å²) in [6.07, 6.45) is 2.39. The zero-order valence-electron chi connectivity index (χ0n) is 18.6. The van der Waals surface area contributed by atoms with E-state index in [1.165, 1.54) is 6.07 Å². The lowest BCUT2D eigenvalue weighted by Crippen LogP contribution is -2.44. The summed E-state index contributed by atoms with van der Waals surface area (Å²) in [5.41, 5.74) is 0.782. The Morgan fingerprint density at radius 1 is 1.20 bits per heavy atom. The summed E-state index contributed by atoms with van der Waals surface area (Å²) in [6.45, 7) is 10.8. The molecule has 0 saturated heterocycles. The van der Waals surface area contributed by atoms with Gasteiger partial charge in [0.25, 0.3) is 0 Å². The highest BCUT2D eigenvalue weighted by atomic mass is 16.6. The van der Waals surface area contributed by atoms with Crippen molar-refractivity contribution >= 4 is 23.0 Å². The van der Waals surface area contributed by atoms with E-state index in [-0.39, 0.29) is 5.75 Å². The number of alkyl carbamates (subject to hydrolysis) is 1. The van der Waals surface area contributed by atoms with Crippen molar-refractivity contribution in [2.24, 2.45) is 0 Å². The van der Waals surface area contributed by atoms with Crippen molar-refractivity contribution in [2.75, 3.05) is 0 Å². The molecule has 0 bridgehead atoms. The SMILES string of the molecule is CCCCc1cc(=O)oc2c(C)c(OC(=O)C(CC)NC(=O)OC(C)(C)C)ccc12. The van der Waals surface area contributed by atoms with Gasteiger partial charge in [-0.25, -0.2) is 14.4 Å². The average Bonchev–Trinajstić information content (AvgIpc) is 2.65. The van der Waals surface area contributed by atoms with E-state index in [0.29, 0.717) is 17.6 Å². The topological polar surface area (TPSA) is 94.8 Å². The number of carbonyl (C=O) groups is 2. The third-order valence-corrected chi connectivity index (χ3v) is 4.59. The molecule has 2 rings (SSSR count). The second kappa shape index (κ2) is 9.78. The smallest absolute Gasteiger partial charge is 0.408 e. The van der Waals surface area contributed by atoms with Crippen molar-refractivity contribution in [3.8, 4) is 5.75 Å². The molecule has 0 spiro atoms.